The number of aliphatic hydroxyl groups excluding tert-OH is 4. The third-order valence-electron chi connectivity index (χ3n) is 6.45. The van der Waals surface area contributed by atoms with E-state index in [9.17, 15) is 15.3 Å². The number of methoxy groups -OCH3 is 3. The third kappa shape index (κ3) is 7.78. The van der Waals surface area contributed by atoms with Crippen LogP contribution in [-0.4, -0.2) is 123 Å². The second-order valence-corrected chi connectivity index (χ2v) is 8.82. The molecule has 11 nitrogen and oxygen atoms in total. The summed E-state index contributed by atoms with van der Waals surface area (Å²) in [4.78, 5) is 0. The zero-order chi connectivity index (χ0) is 25.1. The van der Waals surface area contributed by atoms with Crippen LogP contribution in [0.2, 0.25) is 0 Å². The number of hydrogen-bond acceptors (Lipinski definition) is 11. The molecule has 0 saturated carbocycles. The fourth-order valence-corrected chi connectivity index (χ4v) is 4.40. The lowest BCUT2D eigenvalue weighted by molar-refractivity contribution is -0.216. The van der Waals surface area contributed by atoms with Gasteiger partial charge in [-0.05, 0) is 6.42 Å². The van der Waals surface area contributed by atoms with E-state index < -0.39 is 68.0 Å². The zero-order valence-electron chi connectivity index (χ0n) is 20.8. The summed E-state index contributed by atoms with van der Waals surface area (Å²) in [5, 5.41) is 39.1. The van der Waals surface area contributed by atoms with E-state index in [1.165, 1.54) is 32.8 Å². The van der Waals surface area contributed by atoms with Crippen molar-refractivity contribution in [2.75, 3.05) is 41.2 Å². The Morgan fingerprint density at radius 3 is 2.06 bits per heavy atom. The smallest absolute Gasteiger partial charge is 0.186 e. The molecule has 0 amide bonds. The number of ether oxygens (including phenoxy) is 7. The van der Waals surface area contributed by atoms with Crippen molar-refractivity contribution in [1.29, 1.82) is 0 Å². The van der Waals surface area contributed by atoms with Crippen molar-refractivity contribution in [1.82, 2.24) is 0 Å². The second kappa shape index (κ2) is 15.6. The minimum absolute atomic E-state index is 0.0575. The van der Waals surface area contributed by atoms with Crippen LogP contribution in [0.1, 0.15) is 45.4 Å². The van der Waals surface area contributed by atoms with Crippen LogP contribution in [0, 0.1) is 0 Å². The average molecular weight is 497 g/mol. The van der Waals surface area contributed by atoms with Gasteiger partial charge in [-0.15, -0.1) is 0 Å². The second-order valence-electron chi connectivity index (χ2n) is 8.82. The molecule has 2 saturated heterocycles. The summed E-state index contributed by atoms with van der Waals surface area (Å²) in [5.74, 6) is 0. The number of hydrogen-bond donors (Lipinski definition) is 4. The van der Waals surface area contributed by atoms with Crippen molar-refractivity contribution >= 4 is 0 Å². The van der Waals surface area contributed by atoms with Crippen LogP contribution in [0.15, 0.2) is 0 Å². The number of unbranched alkanes of at least 4 members (excludes halogenated alkanes) is 5. The van der Waals surface area contributed by atoms with Gasteiger partial charge in [0, 0.05) is 27.9 Å². The molecule has 202 valence electrons. The first-order valence-corrected chi connectivity index (χ1v) is 12.2. The van der Waals surface area contributed by atoms with Gasteiger partial charge >= 0.3 is 0 Å². The first-order chi connectivity index (χ1) is 16.4. The molecule has 0 radical (unpaired) electrons. The molecule has 10 atom stereocenters. The molecule has 2 aliphatic heterocycles. The van der Waals surface area contributed by atoms with Crippen LogP contribution in [0.3, 0.4) is 0 Å². The van der Waals surface area contributed by atoms with Crippen LogP contribution in [0.25, 0.3) is 0 Å². The van der Waals surface area contributed by atoms with E-state index in [0.29, 0.717) is 6.61 Å². The molecule has 0 aromatic rings. The molecule has 0 unspecified atom stereocenters. The topological polar surface area (TPSA) is 146 Å². The Hall–Kier alpha value is -0.440. The SMILES string of the molecule is CCCCCCCCO[C@@H]1O[C@@H]([C@H](CO[C@@H]2O[C@@H]([C@@H](O)CO)[C@H](O)[C@H]2O)OC)[C@H](OC)[C@H]1OC. The predicted octanol–water partition coefficient (Wildman–Crippen LogP) is -0.0501. The van der Waals surface area contributed by atoms with Crippen molar-refractivity contribution in [3.63, 3.8) is 0 Å². The van der Waals surface area contributed by atoms with Gasteiger partial charge in [-0.3, -0.25) is 0 Å². The number of aliphatic hydroxyl groups is 4. The van der Waals surface area contributed by atoms with Gasteiger partial charge in [0.25, 0.3) is 0 Å². The fraction of sp³-hybridized carbons (Fsp3) is 1.00. The molecule has 2 fully saturated rings. The van der Waals surface area contributed by atoms with Gasteiger partial charge in [0.15, 0.2) is 12.6 Å². The summed E-state index contributed by atoms with van der Waals surface area (Å²) < 4.78 is 39.9. The molecule has 0 bridgehead atoms. The predicted molar refractivity (Wildman–Crippen MR) is 120 cm³/mol. The molecule has 2 aliphatic rings. The molecule has 0 aromatic heterocycles. The standard InChI is InChI=1S/C23H44O11/c1-5-6-7-8-9-10-11-31-23-21(30-4)20(29-3)19(34-23)15(28-2)13-32-22-17(27)16(26)18(33-22)14(25)12-24/h14-27H,5-13H2,1-4H3/t14-,15-,16+,17+,18-,19-,20-,21+,22+,23+/m0/s1. The highest BCUT2D eigenvalue weighted by atomic mass is 16.7. The van der Waals surface area contributed by atoms with E-state index in [1.807, 2.05) is 0 Å². The van der Waals surface area contributed by atoms with Crippen molar-refractivity contribution in [2.45, 2.75) is 107 Å². The number of rotatable bonds is 17. The van der Waals surface area contributed by atoms with Crippen molar-refractivity contribution in [3.8, 4) is 0 Å². The lowest BCUT2D eigenvalue weighted by Gasteiger charge is -2.28. The Kier molecular flexibility index (Phi) is 13.7. The molecule has 0 aromatic carbocycles. The molecular formula is C23H44O11. The van der Waals surface area contributed by atoms with Gasteiger partial charge in [-0.25, -0.2) is 0 Å². The maximum Gasteiger partial charge on any atom is 0.186 e. The van der Waals surface area contributed by atoms with E-state index >= 15 is 0 Å². The maximum absolute atomic E-state index is 10.2. The molecule has 11 heteroatoms. The highest BCUT2D eigenvalue weighted by Gasteiger charge is 2.51. The van der Waals surface area contributed by atoms with E-state index in [4.69, 9.17) is 38.3 Å². The molecule has 2 rings (SSSR count). The summed E-state index contributed by atoms with van der Waals surface area (Å²) in [5.41, 5.74) is 0. The summed E-state index contributed by atoms with van der Waals surface area (Å²) >= 11 is 0. The van der Waals surface area contributed by atoms with Crippen LogP contribution >= 0.6 is 0 Å². The Morgan fingerprint density at radius 1 is 0.794 bits per heavy atom. The minimum Gasteiger partial charge on any atom is -0.394 e. The average Bonchev–Trinajstić information content (AvgIpc) is 3.35. The normalized spacial score (nSPS) is 35.6. The largest absolute Gasteiger partial charge is 0.394 e. The molecule has 34 heavy (non-hydrogen) atoms. The third-order valence-corrected chi connectivity index (χ3v) is 6.45. The van der Waals surface area contributed by atoms with Crippen molar-refractivity contribution in [2.24, 2.45) is 0 Å². The summed E-state index contributed by atoms with van der Waals surface area (Å²) in [6, 6.07) is 0. The van der Waals surface area contributed by atoms with Gasteiger partial charge in [0.1, 0.15) is 48.8 Å². The van der Waals surface area contributed by atoms with Gasteiger partial charge in [-0.1, -0.05) is 39.0 Å². The summed E-state index contributed by atoms with van der Waals surface area (Å²) in [7, 11) is 4.62. The van der Waals surface area contributed by atoms with E-state index in [-0.39, 0.29) is 6.61 Å². The lowest BCUT2D eigenvalue weighted by Crippen LogP contribution is -2.45. The van der Waals surface area contributed by atoms with Crippen molar-refractivity contribution in [3.05, 3.63) is 0 Å². The molecular weight excluding hydrogens is 452 g/mol. The fourth-order valence-electron chi connectivity index (χ4n) is 4.40. The van der Waals surface area contributed by atoms with Gasteiger partial charge in [-0.2, -0.15) is 0 Å². The molecule has 0 aliphatic carbocycles. The Balaban J connectivity index is 1.89. The van der Waals surface area contributed by atoms with E-state index in [0.717, 1.165) is 12.8 Å². The first-order valence-electron chi connectivity index (χ1n) is 12.2. The minimum atomic E-state index is -1.40. The van der Waals surface area contributed by atoms with Gasteiger partial charge in [0.05, 0.1) is 13.2 Å². The highest BCUT2D eigenvalue weighted by Crippen LogP contribution is 2.31. The van der Waals surface area contributed by atoms with Crippen LogP contribution in [-0.2, 0) is 33.2 Å². The van der Waals surface area contributed by atoms with Gasteiger partial charge < -0.3 is 53.6 Å². The van der Waals surface area contributed by atoms with Crippen LogP contribution in [0.5, 0.6) is 0 Å². The Morgan fingerprint density at radius 2 is 1.44 bits per heavy atom. The van der Waals surface area contributed by atoms with E-state index in [2.05, 4.69) is 6.92 Å². The Labute approximate surface area is 202 Å². The summed E-state index contributed by atoms with van der Waals surface area (Å²) in [6.07, 6.45) is -2.42. The van der Waals surface area contributed by atoms with E-state index in [1.54, 1.807) is 14.2 Å². The van der Waals surface area contributed by atoms with Gasteiger partial charge in [0.2, 0.25) is 0 Å². The quantitative estimate of drug-likeness (QED) is 0.201. The molecule has 0 spiro atoms. The van der Waals surface area contributed by atoms with Crippen molar-refractivity contribution < 1.29 is 53.6 Å². The zero-order valence-corrected chi connectivity index (χ0v) is 20.8. The monoisotopic (exact) mass is 496 g/mol. The molecule has 4 N–H and O–H groups in total. The van der Waals surface area contributed by atoms with Crippen LogP contribution < -0.4 is 0 Å². The highest BCUT2D eigenvalue weighted by molar-refractivity contribution is 4.95. The maximum atomic E-state index is 10.2. The Bertz CT molecular complexity index is 539. The summed E-state index contributed by atoms with van der Waals surface area (Å²) in [6.45, 7) is 2.06. The lowest BCUT2D eigenvalue weighted by atomic mass is 10.1. The first kappa shape index (κ1) is 29.8. The molecule has 2 heterocycles. The van der Waals surface area contributed by atoms with Crippen LogP contribution in [0.4, 0.5) is 0 Å².